The number of nitrogens with zero attached hydrogens (tertiary/aromatic N) is 2. The Kier molecular flexibility index (Phi) is 9.66. The molecule has 136 valence electrons. The van der Waals surface area contributed by atoms with E-state index in [1.165, 1.54) is 31.2 Å². The van der Waals surface area contributed by atoms with Crippen LogP contribution in [0.3, 0.4) is 0 Å². The zero-order chi connectivity index (χ0) is 16.5. The standard InChI is InChI=1S/C19H31N3O.HI/c1-22(2)18(20-15-17-9-5-4-6-10-17)21-16-19(13-14-23-3)11-7-8-12-19;/h4-6,9-10H,7-8,11-16H2,1-3H3,(H,20,21);1H. The number of nitrogens with one attached hydrogen (secondary N) is 1. The molecule has 24 heavy (non-hydrogen) atoms. The number of ether oxygens (including phenoxy) is 1. The summed E-state index contributed by atoms with van der Waals surface area (Å²) in [6.45, 7) is 2.55. The zero-order valence-corrected chi connectivity index (χ0v) is 17.6. The van der Waals surface area contributed by atoms with Crippen LogP contribution in [0.1, 0.15) is 37.7 Å². The smallest absolute Gasteiger partial charge is 0.193 e. The molecule has 0 aliphatic heterocycles. The minimum Gasteiger partial charge on any atom is -0.385 e. The summed E-state index contributed by atoms with van der Waals surface area (Å²) in [5, 5.41) is 3.60. The van der Waals surface area contributed by atoms with Crippen LogP contribution in [0.25, 0.3) is 0 Å². The molecule has 1 aliphatic carbocycles. The molecular weight excluding hydrogens is 413 g/mol. The summed E-state index contributed by atoms with van der Waals surface area (Å²) in [6, 6.07) is 10.4. The van der Waals surface area contributed by atoms with Crippen LogP contribution < -0.4 is 5.32 Å². The van der Waals surface area contributed by atoms with Crippen molar-refractivity contribution in [3.8, 4) is 0 Å². The third-order valence-corrected chi connectivity index (χ3v) is 4.80. The Morgan fingerprint density at radius 3 is 2.46 bits per heavy atom. The molecule has 1 saturated carbocycles. The van der Waals surface area contributed by atoms with E-state index in [0.29, 0.717) is 12.0 Å². The number of aliphatic imine (C=N–C) groups is 1. The van der Waals surface area contributed by atoms with Gasteiger partial charge in [-0.25, -0.2) is 4.99 Å². The number of guanidine groups is 1. The molecule has 1 fully saturated rings. The Balaban J connectivity index is 0.00000288. The van der Waals surface area contributed by atoms with Crippen molar-refractivity contribution in [1.82, 2.24) is 10.2 Å². The first-order chi connectivity index (χ1) is 11.2. The number of methoxy groups -OCH3 is 1. The number of hydrogen-bond acceptors (Lipinski definition) is 2. The number of halogens is 1. The van der Waals surface area contributed by atoms with Gasteiger partial charge < -0.3 is 15.0 Å². The average Bonchev–Trinajstić information content (AvgIpc) is 3.03. The maximum absolute atomic E-state index is 5.32. The topological polar surface area (TPSA) is 36.9 Å². The van der Waals surface area contributed by atoms with Gasteiger partial charge in [0.25, 0.3) is 0 Å². The van der Waals surface area contributed by atoms with Gasteiger partial charge in [0.15, 0.2) is 5.96 Å². The highest BCUT2D eigenvalue weighted by Crippen LogP contribution is 2.40. The lowest BCUT2D eigenvalue weighted by molar-refractivity contribution is 0.138. The van der Waals surface area contributed by atoms with Gasteiger partial charge >= 0.3 is 0 Å². The summed E-state index contributed by atoms with van der Waals surface area (Å²) in [5.41, 5.74) is 1.61. The highest BCUT2D eigenvalue weighted by molar-refractivity contribution is 14.0. The first-order valence-corrected chi connectivity index (χ1v) is 8.64. The Hall–Kier alpha value is -0.820. The average molecular weight is 445 g/mol. The van der Waals surface area contributed by atoms with E-state index < -0.39 is 0 Å². The molecule has 0 heterocycles. The van der Waals surface area contributed by atoms with Crippen molar-refractivity contribution in [2.75, 3.05) is 34.4 Å². The molecule has 5 heteroatoms. The van der Waals surface area contributed by atoms with E-state index >= 15 is 0 Å². The molecule has 0 amide bonds. The van der Waals surface area contributed by atoms with Gasteiger partial charge in [0.05, 0.1) is 6.54 Å². The fourth-order valence-electron chi connectivity index (χ4n) is 3.33. The molecule has 1 aromatic rings. The summed E-state index contributed by atoms with van der Waals surface area (Å²) in [5.74, 6) is 0.970. The van der Waals surface area contributed by atoms with Gasteiger partial charge in [0, 0.05) is 34.4 Å². The van der Waals surface area contributed by atoms with Crippen LogP contribution in [0, 0.1) is 5.41 Å². The van der Waals surface area contributed by atoms with Crippen molar-refractivity contribution < 1.29 is 4.74 Å². The minimum atomic E-state index is 0. The molecule has 0 atom stereocenters. The molecule has 1 aromatic carbocycles. The number of rotatable bonds is 7. The monoisotopic (exact) mass is 445 g/mol. The van der Waals surface area contributed by atoms with E-state index in [1.807, 2.05) is 20.2 Å². The Labute approximate surface area is 164 Å². The van der Waals surface area contributed by atoms with Crippen LogP contribution in [0.15, 0.2) is 35.3 Å². The SMILES string of the molecule is COCCC1(CNC(=NCc2ccccc2)N(C)C)CCCC1.I. The Bertz CT molecular complexity index is 485. The molecule has 0 spiro atoms. The molecule has 0 radical (unpaired) electrons. The maximum atomic E-state index is 5.32. The Morgan fingerprint density at radius 1 is 1.21 bits per heavy atom. The van der Waals surface area contributed by atoms with Crippen molar-refractivity contribution in [1.29, 1.82) is 0 Å². The summed E-state index contributed by atoms with van der Waals surface area (Å²) < 4.78 is 5.32. The van der Waals surface area contributed by atoms with Gasteiger partial charge in [0.1, 0.15) is 0 Å². The molecule has 0 bridgehead atoms. The first-order valence-electron chi connectivity index (χ1n) is 8.64. The van der Waals surface area contributed by atoms with Crippen LogP contribution >= 0.6 is 24.0 Å². The van der Waals surface area contributed by atoms with Gasteiger partial charge in [-0.1, -0.05) is 43.2 Å². The van der Waals surface area contributed by atoms with Crippen molar-refractivity contribution in [2.45, 2.75) is 38.6 Å². The largest absolute Gasteiger partial charge is 0.385 e. The molecule has 1 aliphatic rings. The van der Waals surface area contributed by atoms with E-state index in [0.717, 1.165) is 25.5 Å². The number of benzene rings is 1. The number of hydrogen-bond donors (Lipinski definition) is 1. The van der Waals surface area contributed by atoms with Gasteiger partial charge in [-0.2, -0.15) is 0 Å². The van der Waals surface area contributed by atoms with Crippen LogP contribution in [0.4, 0.5) is 0 Å². The van der Waals surface area contributed by atoms with Crippen molar-refractivity contribution in [2.24, 2.45) is 10.4 Å². The van der Waals surface area contributed by atoms with Crippen LogP contribution in [0.2, 0.25) is 0 Å². The summed E-state index contributed by atoms with van der Waals surface area (Å²) in [7, 11) is 5.89. The van der Waals surface area contributed by atoms with Crippen LogP contribution in [-0.4, -0.2) is 45.2 Å². The Morgan fingerprint density at radius 2 is 1.88 bits per heavy atom. The van der Waals surface area contributed by atoms with E-state index in [2.05, 4.69) is 34.5 Å². The normalized spacial score (nSPS) is 16.5. The highest BCUT2D eigenvalue weighted by atomic mass is 127. The molecular formula is C19H32IN3O. The fourth-order valence-corrected chi connectivity index (χ4v) is 3.33. The van der Waals surface area contributed by atoms with Gasteiger partial charge in [-0.15, -0.1) is 24.0 Å². The predicted octanol–water partition coefficient (Wildman–Crippen LogP) is 3.91. The lowest BCUT2D eigenvalue weighted by atomic mass is 9.83. The highest BCUT2D eigenvalue weighted by Gasteiger charge is 2.33. The zero-order valence-electron chi connectivity index (χ0n) is 15.3. The minimum absolute atomic E-state index is 0. The predicted molar refractivity (Wildman–Crippen MR) is 112 cm³/mol. The third-order valence-electron chi connectivity index (χ3n) is 4.80. The fraction of sp³-hybridized carbons (Fsp3) is 0.632. The molecule has 2 rings (SSSR count). The second-order valence-corrected chi connectivity index (χ2v) is 6.82. The quantitative estimate of drug-likeness (QED) is 0.393. The van der Waals surface area contributed by atoms with Crippen LogP contribution in [0.5, 0.6) is 0 Å². The van der Waals surface area contributed by atoms with Gasteiger partial charge in [0.2, 0.25) is 0 Å². The molecule has 4 nitrogen and oxygen atoms in total. The molecule has 0 unspecified atom stereocenters. The second-order valence-electron chi connectivity index (χ2n) is 6.82. The lowest BCUT2D eigenvalue weighted by Gasteiger charge is -2.31. The van der Waals surface area contributed by atoms with Crippen molar-refractivity contribution in [3.05, 3.63) is 35.9 Å². The van der Waals surface area contributed by atoms with Crippen LogP contribution in [-0.2, 0) is 11.3 Å². The molecule has 0 aromatic heterocycles. The van der Waals surface area contributed by atoms with Crippen molar-refractivity contribution in [3.63, 3.8) is 0 Å². The first kappa shape index (κ1) is 21.2. The second kappa shape index (κ2) is 10.9. The van der Waals surface area contributed by atoms with E-state index in [4.69, 9.17) is 9.73 Å². The van der Waals surface area contributed by atoms with E-state index in [-0.39, 0.29) is 24.0 Å². The van der Waals surface area contributed by atoms with Crippen molar-refractivity contribution >= 4 is 29.9 Å². The third kappa shape index (κ3) is 6.59. The molecule has 1 N–H and O–H groups in total. The van der Waals surface area contributed by atoms with E-state index in [9.17, 15) is 0 Å². The molecule has 0 saturated heterocycles. The van der Waals surface area contributed by atoms with Gasteiger partial charge in [-0.3, -0.25) is 0 Å². The van der Waals surface area contributed by atoms with Gasteiger partial charge in [-0.05, 0) is 30.2 Å². The summed E-state index contributed by atoms with van der Waals surface area (Å²) in [6.07, 6.45) is 6.40. The maximum Gasteiger partial charge on any atom is 0.193 e. The van der Waals surface area contributed by atoms with E-state index in [1.54, 1.807) is 7.11 Å². The summed E-state index contributed by atoms with van der Waals surface area (Å²) >= 11 is 0. The summed E-state index contributed by atoms with van der Waals surface area (Å²) in [4.78, 5) is 6.84. The lowest BCUT2D eigenvalue weighted by Crippen LogP contribution is -2.42.